The Labute approximate surface area is 292 Å². The Balaban J connectivity index is 1.94. The van der Waals surface area contributed by atoms with Gasteiger partial charge in [-0.05, 0) is 74.1 Å². The van der Waals surface area contributed by atoms with E-state index in [0.29, 0.717) is 45.8 Å². The third-order valence-corrected chi connectivity index (χ3v) is 10.1. The van der Waals surface area contributed by atoms with Gasteiger partial charge >= 0.3 is 11.9 Å². The molecule has 0 saturated carbocycles. The topological polar surface area (TPSA) is 161 Å². The fourth-order valence-corrected chi connectivity index (χ4v) is 7.13. The normalized spacial score (nSPS) is 16.1. The summed E-state index contributed by atoms with van der Waals surface area (Å²) in [4.78, 5) is 55.7. The Morgan fingerprint density at radius 2 is 1.64 bits per heavy atom. The van der Waals surface area contributed by atoms with Gasteiger partial charge in [0.2, 0.25) is 5.91 Å². The molecule has 3 aromatic rings. The highest BCUT2D eigenvalue weighted by molar-refractivity contribution is 6.24. The number of nitrogens with one attached hydrogen (secondary N) is 3. The zero-order chi connectivity index (χ0) is 36.7. The van der Waals surface area contributed by atoms with Crippen molar-refractivity contribution < 1.29 is 29.1 Å². The number of H-pyrrole nitrogens is 2. The second-order valence-electron chi connectivity index (χ2n) is 14.5. The molecule has 3 aromatic heterocycles. The van der Waals surface area contributed by atoms with Crippen LogP contribution in [0, 0.1) is 13.8 Å². The Morgan fingerprint density at radius 1 is 0.960 bits per heavy atom. The van der Waals surface area contributed by atoms with Crippen LogP contribution in [-0.2, 0) is 27.2 Å². The first-order valence-corrected chi connectivity index (χ1v) is 17.2. The monoisotopic (exact) mass is 681 g/mol. The number of aromatic nitrogens is 4. The zero-order valence-electron chi connectivity index (χ0n) is 30.4. The summed E-state index contributed by atoms with van der Waals surface area (Å²) >= 11 is 0. The number of nitrogens with zero attached hydrogens (tertiary/aromatic N) is 3. The molecule has 11 heteroatoms. The highest BCUT2D eigenvalue weighted by atomic mass is 16.4. The Morgan fingerprint density at radius 3 is 2.26 bits per heavy atom. The lowest BCUT2D eigenvalue weighted by molar-refractivity contribution is -0.869. The summed E-state index contributed by atoms with van der Waals surface area (Å²) in [5.41, 5.74) is 10.3. The van der Waals surface area contributed by atoms with Crippen molar-refractivity contribution in [2.75, 3.05) is 34.2 Å². The molecular weight excluding hydrogens is 632 g/mol. The number of hydrogen-bond donors (Lipinski definition) is 5. The minimum absolute atomic E-state index is 0.00709. The summed E-state index contributed by atoms with van der Waals surface area (Å²) in [6.45, 7) is 15.1. The molecule has 0 aromatic carbocycles. The number of aliphatic carboxylic acids is 2. The molecule has 2 aliphatic rings. The van der Waals surface area contributed by atoms with E-state index < -0.39 is 17.9 Å². The number of fused-ring (bicyclic) bond motifs is 8. The molecule has 50 heavy (non-hydrogen) atoms. The van der Waals surface area contributed by atoms with Crippen LogP contribution in [0.4, 0.5) is 0 Å². The van der Waals surface area contributed by atoms with E-state index in [1.807, 2.05) is 53.2 Å². The number of carbonyl (C=O) groups is 3. The summed E-state index contributed by atoms with van der Waals surface area (Å²) in [5.74, 6) is -3.01. The van der Waals surface area contributed by atoms with E-state index in [4.69, 9.17) is 9.97 Å². The van der Waals surface area contributed by atoms with Crippen LogP contribution in [0.5, 0.6) is 0 Å². The molecular formula is C39H49N6O5+. The molecule has 0 fully saturated rings. The minimum Gasteiger partial charge on any atom is -0.481 e. The number of aryl methyl sites for hydroxylation is 3. The first-order chi connectivity index (χ1) is 23.5. The summed E-state index contributed by atoms with van der Waals surface area (Å²) in [6, 6.07) is 5.92. The molecule has 11 nitrogen and oxygen atoms in total. The van der Waals surface area contributed by atoms with Crippen molar-refractivity contribution in [2.24, 2.45) is 0 Å². The fraction of sp³-hybridized carbons (Fsp3) is 0.410. The van der Waals surface area contributed by atoms with E-state index in [0.717, 1.165) is 50.7 Å². The lowest BCUT2D eigenvalue weighted by Crippen LogP contribution is -2.42. The number of carbonyl (C=O) groups excluding carboxylic acids is 1. The summed E-state index contributed by atoms with van der Waals surface area (Å²) in [5, 5.41) is 23.3. The first kappa shape index (κ1) is 36.3. The van der Waals surface area contributed by atoms with Crippen molar-refractivity contribution in [1.29, 1.82) is 0 Å². The van der Waals surface area contributed by atoms with Gasteiger partial charge in [0.25, 0.3) is 0 Å². The second-order valence-corrected chi connectivity index (χ2v) is 14.5. The van der Waals surface area contributed by atoms with Crippen molar-refractivity contribution in [2.45, 2.75) is 72.1 Å². The summed E-state index contributed by atoms with van der Waals surface area (Å²) in [6.07, 6.45) is 2.55. The second kappa shape index (κ2) is 14.1. The Kier molecular flexibility index (Phi) is 10.2. The SMILES string of the molecule is C=Cc1c(C)c2cc3nc(c(CC(=O)NCC[N+](C)(C)C)c4nc(cc5[nH]c(cc1[nH]2)c(C)c5CC)C(C)=C4C(=O)O)[C@@H](CCC(=O)O)[C@@H]3C. The Bertz CT molecular complexity index is 2100. The summed E-state index contributed by atoms with van der Waals surface area (Å²) in [7, 11) is 6.11. The molecule has 1 amide bonds. The van der Waals surface area contributed by atoms with Gasteiger partial charge in [-0.15, -0.1) is 0 Å². The lowest BCUT2D eigenvalue weighted by Gasteiger charge is -2.24. The van der Waals surface area contributed by atoms with Crippen LogP contribution in [-0.4, -0.2) is 86.7 Å². The molecule has 2 aliphatic heterocycles. The first-order valence-electron chi connectivity index (χ1n) is 17.2. The molecule has 2 atom stereocenters. The van der Waals surface area contributed by atoms with E-state index in [9.17, 15) is 24.6 Å². The standard InChI is InChI=1S/C39H48N6O5/c1-10-24-20(3)28-17-30-22(5)26(12-13-35(47)48)37(43-30)27(16-34(46)40-14-15-45(7,8)9)38-36(39(49)50)23(6)31(44-38)19-33-25(11-2)21(4)29(42-33)18-32(24)41-28/h10,17-19,22,26H,1,11-16H2,2-9H3,(H4-,40,41,42,43,44,46,47,48,49,50)/p+1/t22-,26-/m0/s1. The van der Waals surface area contributed by atoms with E-state index in [1.165, 1.54) is 0 Å². The highest BCUT2D eigenvalue weighted by Gasteiger charge is 2.35. The van der Waals surface area contributed by atoms with Crippen LogP contribution >= 0.6 is 0 Å². The van der Waals surface area contributed by atoms with Crippen LogP contribution in [0.3, 0.4) is 0 Å². The molecule has 5 N–H and O–H groups in total. The zero-order valence-corrected chi connectivity index (χ0v) is 30.4. The number of quaternary nitrogens is 1. The average molecular weight is 682 g/mol. The molecule has 0 unspecified atom stereocenters. The van der Waals surface area contributed by atoms with Crippen LogP contribution in [0.15, 0.2) is 24.8 Å². The van der Waals surface area contributed by atoms with Gasteiger partial charge in [0, 0.05) is 57.1 Å². The minimum atomic E-state index is -1.16. The van der Waals surface area contributed by atoms with Gasteiger partial charge in [0.05, 0.1) is 63.3 Å². The summed E-state index contributed by atoms with van der Waals surface area (Å²) < 4.78 is 0.656. The largest absolute Gasteiger partial charge is 0.481 e. The number of amides is 1. The molecule has 0 radical (unpaired) electrons. The van der Waals surface area contributed by atoms with E-state index in [1.54, 1.807) is 6.92 Å². The van der Waals surface area contributed by atoms with Crippen molar-refractivity contribution in [3.05, 3.63) is 75.4 Å². The van der Waals surface area contributed by atoms with E-state index in [2.05, 4.69) is 41.8 Å². The third-order valence-electron chi connectivity index (χ3n) is 10.1. The highest BCUT2D eigenvalue weighted by Crippen LogP contribution is 2.43. The van der Waals surface area contributed by atoms with Crippen LogP contribution in [0.1, 0.15) is 96.0 Å². The van der Waals surface area contributed by atoms with Gasteiger partial charge in [-0.25, -0.2) is 9.78 Å². The van der Waals surface area contributed by atoms with Crippen LogP contribution in [0.2, 0.25) is 0 Å². The molecule has 0 spiro atoms. The molecule has 5 heterocycles. The van der Waals surface area contributed by atoms with E-state index >= 15 is 0 Å². The van der Waals surface area contributed by atoms with Gasteiger partial charge in [0.1, 0.15) is 0 Å². The van der Waals surface area contributed by atoms with Crippen molar-refractivity contribution >= 4 is 57.1 Å². The smallest absolute Gasteiger partial charge is 0.338 e. The van der Waals surface area contributed by atoms with Crippen molar-refractivity contribution in [1.82, 2.24) is 25.3 Å². The predicted octanol–water partition coefficient (Wildman–Crippen LogP) is 6.27. The van der Waals surface area contributed by atoms with Crippen molar-refractivity contribution in [3.63, 3.8) is 0 Å². The van der Waals surface area contributed by atoms with Crippen LogP contribution < -0.4 is 5.32 Å². The fourth-order valence-electron chi connectivity index (χ4n) is 7.13. The van der Waals surface area contributed by atoms with Crippen LogP contribution in [0.25, 0.3) is 39.3 Å². The maximum atomic E-state index is 13.7. The number of likely N-dealkylation sites (N-methyl/N-ethyl adjacent to an activating group) is 1. The Hall–Kier alpha value is -5.03. The molecule has 0 aliphatic carbocycles. The maximum absolute atomic E-state index is 13.7. The molecule has 8 bridgehead atoms. The number of rotatable bonds is 11. The predicted molar refractivity (Wildman–Crippen MR) is 198 cm³/mol. The number of hydrogen-bond acceptors (Lipinski definition) is 5. The molecule has 0 saturated heterocycles. The van der Waals surface area contributed by atoms with Gasteiger partial charge in [0.15, 0.2) is 0 Å². The van der Waals surface area contributed by atoms with Gasteiger partial charge in [-0.2, -0.15) is 0 Å². The quantitative estimate of drug-likeness (QED) is 0.149. The third kappa shape index (κ3) is 7.14. The number of carboxylic acid groups (broad SMARTS) is 2. The number of allylic oxidation sites excluding steroid dienone is 1. The van der Waals surface area contributed by atoms with Gasteiger partial charge < -0.3 is 30.0 Å². The number of aromatic amines is 2. The van der Waals surface area contributed by atoms with Gasteiger partial charge in [-0.3, -0.25) is 14.6 Å². The molecule has 5 rings (SSSR count). The van der Waals surface area contributed by atoms with Crippen molar-refractivity contribution in [3.8, 4) is 0 Å². The average Bonchev–Trinajstić information content (AvgIpc) is 3.71. The lowest BCUT2D eigenvalue weighted by atomic mass is 9.84. The van der Waals surface area contributed by atoms with E-state index in [-0.39, 0.29) is 42.4 Å². The van der Waals surface area contributed by atoms with Gasteiger partial charge in [-0.1, -0.05) is 26.5 Å². The number of carboxylic acids is 2. The maximum Gasteiger partial charge on any atom is 0.338 e. The molecule has 264 valence electrons.